The van der Waals surface area contributed by atoms with E-state index in [1.807, 2.05) is 0 Å². The number of rotatable bonds is 14. The number of hydrogen-bond acceptors (Lipinski definition) is 4. The molecule has 0 saturated carbocycles. The molecular weight excluding hydrogens is 388 g/mol. The van der Waals surface area contributed by atoms with E-state index in [1.54, 1.807) is 0 Å². The van der Waals surface area contributed by atoms with E-state index in [4.69, 9.17) is 17.5 Å². The molecule has 180 valence electrons. The highest BCUT2D eigenvalue weighted by molar-refractivity contribution is 7.79. The van der Waals surface area contributed by atoms with Gasteiger partial charge in [-0.05, 0) is 25.7 Å². The van der Waals surface area contributed by atoms with Crippen LogP contribution in [0.4, 0.5) is 0 Å². The molecule has 0 aromatic heterocycles. The van der Waals surface area contributed by atoms with Gasteiger partial charge in [0.1, 0.15) is 0 Å². The van der Waals surface area contributed by atoms with Crippen molar-refractivity contribution in [3.8, 4) is 0 Å². The van der Waals surface area contributed by atoms with Gasteiger partial charge >= 0.3 is 0 Å². The molecule has 0 bridgehead atoms. The van der Waals surface area contributed by atoms with Gasteiger partial charge in [-0.25, -0.2) is 0 Å². The monoisotopic (exact) mass is 440 g/mol. The summed E-state index contributed by atoms with van der Waals surface area (Å²) in [6, 6.07) is 0. The van der Waals surface area contributed by atoms with Crippen LogP contribution in [0.2, 0.25) is 0 Å². The van der Waals surface area contributed by atoms with Crippen LogP contribution >= 0.6 is 0 Å². The van der Waals surface area contributed by atoms with Gasteiger partial charge in [-0.2, -0.15) is 0 Å². The summed E-state index contributed by atoms with van der Waals surface area (Å²) in [6.45, 7) is 7.19. The summed E-state index contributed by atoms with van der Waals surface area (Å²) in [5.41, 5.74) is 0. The maximum atomic E-state index is 8.52. The average molecular weight is 441 g/mol. The Balaban J connectivity index is -0.000000380. The van der Waals surface area contributed by atoms with E-state index >= 15 is 0 Å². The minimum atomic E-state index is -5.17. The molecule has 0 aromatic rings. The number of nitrogens with zero attached hydrogens (tertiary/aromatic N) is 2. The third-order valence-electron chi connectivity index (χ3n) is 4.36. The lowest BCUT2D eigenvalue weighted by Gasteiger charge is -2.23. The van der Waals surface area contributed by atoms with E-state index in [0.717, 1.165) is 8.97 Å². The third kappa shape index (κ3) is 58.4. The Bertz CT molecular complexity index is 393. The Hall–Kier alpha value is -0.210. The van der Waals surface area contributed by atoms with Gasteiger partial charge in [-0.3, -0.25) is 8.42 Å². The van der Waals surface area contributed by atoms with Crippen LogP contribution in [0.1, 0.15) is 90.9 Å². The van der Waals surface area contributed by atoms with Crippen molar-refractivity contribution in [1.82, 2.24) is 0 Å². The molecule has 6 nitrogen and oxygen atoms in total. The van der Waals surface area contributed by atoms with Crippen LogP contribution in [0.3, 0.4) is 0 Å². The molecule has 0 aliphatic carbocycles. The van der Waals surface area contributed by atoms with Crippen molar-refractivity contribution in [3.63, 3.8) is 0 Å². The fourth-order valence-electron chi connectivity index (χ4n) is 2.73. The number of hydrogen-bond donors (Lipinski definition) is 0. The number of unbranched alkanes of at least 4 members (excludes halogenated alkanes) is 10. The Morgan fingerprint density at radius 3 is 0.931 bits per heavy atom. The summed E-state index contributed by atoms with van der Waals surface area (Å²) in [4.78, 5) is 0. The van der Waals surface area contributed by atoms with Crippen molar-refractivity contribution < 1.29 is 26.5 Å². The average Bonchev–Trinajstić information content (AvgIpc) is 2.51. The lowest BCUT2D eigenvalue weighted by molar-refractivity contribution is -0.870. The van der Waals surface area contributed by atoms with E-state index in [1.165, 1.54) is 90.1 Å². The third-order valence-corrected chi connectivity index (χ3v) is 4.36. The molecule has 0 radical (unpaired) electrons. The summed E-state index contributed by atoms with van der Waals surface area (Å²) in [5.74, 6) is 0. The Kier molecular flexibility index (Phi) is 22.7. The molecule has 0 aliphatic rings. The van der Waals surface area contributed by atoms with Crippen LogP contribution in [0, 0.1) is 0 Å². The standard InChI is InChI=1S/2C11H26N.H2O4S/c2*1-5-6-7-8-9-10-11-12(2,3)4;1-5(2,3)4/h2*5-11H2,1-4H3;(H2,1,2,3,4)/q2*+1;/p-2. The van der Waals surface area contributed by atoms with Crippen molar-refractivity contribution in [2.75, 3.05) is 55.4 Å². The van der Waals surface area contributed by atoms with E-state index in [0.29, 0.717) is 0 Å². The van der Waals surface area contributed by atoms with Crippen molar-refractivity contribution in [2.24, 2.45) is 0 Å². The highest BCUT2D eigenvalue weighted by Crippen LogP contribution is 2.07. The van der Waals surface area contributed by atoms with Crippen LogP contribution in [-0.4, -0.2) is 81.9 Å². The Morgan fingerprint density at radius 1 is 0.517 bits per heavy atom. The second-order valence-electron chi connectivity index (χ2n) is 9.97. The van der Waals surface area contributed by atoms with E-state index < -0.39 is 10.4 Å². The minimum Gasteiger partial charge on any atom is -0.759 e. The first-order valence-corrected chi connectivity index (χ1v) is 12.7. The predicted octanol–water partition coefficient (Wildman–Crippen LogP) is 4.77. The molecular formula is C22H52N2O4S. The zero-order chi connectivity index (χ0) is 23.4. The lowest BCUT2D eigenvalue weighted by Crippen LogP contribution is -2.35. The SMILES string of the molecule is CCCCCCCC[N+](C)(C)C.CCCCCCCC[N+](C)(C)C.O=S(=O)([O-])[O-]. The van der Waals surface area contributed by atoms with Gasteiger partial charge in [0.25, 0.3) is 0 Å². The van der Waals surface area contributed by atoms with Gasteiger partial charge in [0.05, 0.1) is 55.4 Å². The molecule has 0 aliphatic heterocycles. The lowest BCUT2D eigenvalue weighted by atomic mass is 10.1. The first-order valence-electron chi connectivity index (χ1n) is 11.4. The first-order chi connectivity index (χ1) is 13.1. The maximum Gasteiger partial charge on any atom is 0.0780 e. The summed E-state index contributed by atoms with van der Waals surface area (Å²) < 4.78 is 36.3. The van der Waals surface area contributed by atoms with Gasteiger partial charge in [-0.1, -0.05) is 65.2 Å². The quantitative estimate of drug-likeness (QED) is 0.169. The predicted molar refractivity (Wildman–Crippen MR) is 123 cm³/mol. The number of quaternary nitrogens is 2. The Labute approximate surface area is 183 Å². The minimum absolute atomic E-state index is 1.12. The Morgan fingerprint density at radius 2 is 0.724 bits per heavy atom. The molecule has 0 amide bonds. The fourth-order valence-corrected chi connectivity index (χ4v) is 2.73. The van der Waals surface area contributed by atoms with Gasteiger partial charge in [0.15, 0.2) is 0 Å². The highest BCUT2D eigenvalue weighted by Gasteiger charge is 2.05. The molecule has 0 heterocycles. The van der Waals surface area contributed by atoms with Crippen molar-refractivity contribution in [1.29, 1.82) is 0 Å². The normalized spacial score (nSPS) is 11.9. The van der Waals surface area contributed by atoms with Gasteiger partial charge in [0, 0.05) is 10.4 Å². The van der Waals surface area contributed by atoms with Crippen LogP contribution in [-0.2, 0) is 10.4 Å². The van der Waals surface area contributed by atoms with Crippen LogP contribution in [0.5, 0.6) is 0 Å². The molecule has 0 rings (SSSR count). The van der Waals surface area contributed by atoms with Crippen molar-refractivity contribution >= 4 is 10.4 Å². The zero-order valence-electron chi connectivity index (χ0n) is 20.8. The van der Waals surface area contributed by atoms with E-state index in [2.05, 4.69) is 56.1 Å². The zero-order valence-corrected chi connectivity index (χ0v) is 21.7. The van der Waals surface area contributed by atoms with Gasteiger partial charge in [0.2, 0.25) is 0 Å². The first kappa shape index (κ1) is 33.4. The van der Waals surface area contributed by atoms with E-state index in [-0.39, 0.29) is 0 Å². The van der Waals surface area contributed by atoms with Crippen LogP contribution in [0.25, 0.3) is 0 Å². The smallest absolute Gasteiger partial charge is 0.0780 e. The van der Waals surface area contributed by atoms with Gasteiger partial charge in [-0.15, -0.1) is 0 Å². The summed E-state index contributed by atoms with van der Waals surface area (Å²) in [6.07, 6.45) is 17.0. The molecule has 7 heteroatoms. The summed E-state index contributed by atoms with van der Waals surface area (Å²) >= 11 is 0. The van der Waals surface area contributed by atoms with Crippen LogP contribution < -0.4 is 0 Å². The molecule has 0 atom stereocenters. The van der Waals surface area contributed by atoms with Crippen molar-refractivity contribution in [2.45, 2.75) is 90.9 Å². The van der Waals surface area contributed by atoms with Crippen LogP contribution in [0.15, 0.2) is 0 Å². The maximum absolute atomic E-state index is 8.52. The molecule has 0 N–H and O–H groups in total. The summed E-state index contributed by atoms with van der Waals surface area (Å²) in [7, 11) is 8.45. The highest BCUT2D eigenvalue weighted by atomic mass is 32.3. The largest absolute Gasteiger partial charge is 0.759 e. The fraction of sp³-hybridized carbons (Fsp3) is 1.00. The second-order valence-corrected chi connectivity index (χ2v) is 10.8. The topological polar surface area (TPSA) is 80.3 Å². The molecule has 0 saturated heterocycles. The molecule has 0 spiro atoms. The molecule has 0 fully saturated rings. The molecule has 0 unspecified atom stereocenters. The van der Waals surface area contributed by atoms with Gasteiger partial charge < -0.3 is 18.1 Å². The van der Waals surface area contributed by atoms with E-state index in [9.17, 15) is 0 Å². The molecule has 29 heavy (non-hydrogen) atoms. The second kappa shape index (κ2) is 19.7. The summed E-state index contributed by atoms with van der Waals surface area (Å²) in [5, 5.41) is 0. The van der Waals surface area contributed by atoms with Crippen molar-refractivity contribution in [3.05, 3.63) is 0 Å². The molecule has 0 aromatic carbocycles.